The van der Waals surface area contributed by atoms with Gasteiger partial charge in [0.15, 0.2) is 0 Å². The third-order valence-electron chi connectivity index (χ3n) is 4.97. The molecule has 2 aromatic heterocycles. The first-order valence-electron chi connectivity index (χ1n) is 9.46. The Labute approximate surface area is 174 Å². The third-order valence-corrected chi connectivity index (χ3v) is 5.34. The predicted molar refractivity (Wildman–Crippen MR) is 113 cm³/mol. The molecule has 2 aromatic carbocycles. The molecule has 146 valence electrons. The second-order valence-corrected chi connectivity index (χ2v) is 7.28. The second-order valence-electron chi connectivity index (χ2n) is 6.88. The maximum absolute atomic E-state index is 13.4. The normalized spacial score (nSPS) is 11.0. The lowest BCUT2D eigenvalue weighted by molar-refractivity contribution is 0.628. The number of nitrogens with zero attached hydrogens (tertiary/aromatic N) is 4. The molecule has 0 saturated carbocycles. The SMILES string of the molecule is Cn1nc(-c2ccc(F)cc2)c(-c2ccnnc2)c1CCCc1ccccc1Cl. The highest BCUT2D eigenvalue weighted by atomic mass is 35.5. The fraction of sp³-hybridized carbons (Fsp3) is 0.174. The van der Waals surface area contributed by atoms with Crippen molar-refractivity contribution in [1.82, 2.24) is 20.0 Å². The Morgan fingerprint density at radius 1 is 0.931 bits per heavy atom. The first-order valence-corrected chi connectivity index (χ1v) is 9.83. The van der Waals surface area contributed by atoms with E-state index in [0.717, 1.165) is 57.9 Å². The van der Waals surface area contributed by atoms with Gasteiger partial charge < -0.3 is 0 Å². The average Bonchev–Trinajstić information content (AvgIpc) is 3.07. The Morgan fingerprint density at radius 3 is 2.45 bits per heavy atom. The van der Waals surface area contributed by atoms with Crippen LogP contribution < -0.4 is 0 Å². The van der Waals surface area contributed by atoms with Gasteiger partial charge in [0.25, 0.3) is 0 Å². The van der Waals surface area contributed by atoms with E-state index in [1.54, 1.807) is 24.5 Å². The average molecular weight is 407 g/mol. The highest BCUT2D eigenvalue weighted by Crippen LogP contribution is 2.34. The lowest BCUT2D eigenvalue weighted by Crippen LogP contribution is -2.01. The predicted octanol–water partition coefficient (Wildman–Crippen LogP) is 5.51. The molecule has 4 rings (SSSR count). The number of hydrogen-bond donors (Lipinski definition) is 0. The first-order chi connectivity index (χ1) is 14.1. The van der Waals surface area contributed by atoms with Crippen LogP contribution in [0.25, 0.3) is 22.4 Å². The van der Waals surface area contributed by atoms with Crippen molar-refractivity contribution in [2.24, 2.45) is 7.05 Å². The van der Waals surface area contributed by atoms with Crippen LogP contribution in [0.3, 0.4) is 0 Å². The zero-order valence-electron chi connectivity index (χ0n) is 16.0. The van der Waals surface area contributed by atoms with Crippen LogP contribution in [0.2, 0.25) is 5.02 Å². The minimum absolute atomic E-state index is 0.267. The zero-order chi connectivity index (χ0) is 20.2. The summed E-state index contributed by atoms with van der Waals surface area (Å²) in [5.74, 6) is -0.267. The Kier molecular flexibility index (Phi) is 5.67. The molecule has 6 heteroatoms. The third kappa shape index (κ3) is 4.20. The summed E-state index contributed by atoms with van der Waals surface area (Å²) in [7, 11) is 1.94. The number of halogens is 2. The van der Waals surface area contributed by atoms with Crippen molar-refractivity contribution in [3.8, 4) is 22.4 Å². The largest absolute Gasteiger partial charge is 0.271 e. The molecule has 0 amide bonds. The molecule has 4 aromatic rings. The van der Waals surface area contributed by atoms with Crippen molar-refractivity contribution in [2.45, 2.75) is 19.3 Å². The lowest BCUT2D eigenvalue weighted by Gasteiger charge is -2.08. The monoisotopic (exact) mass is 406 g/mol. The summed E-state index contributed by atoms with van der Waals surface area (Å²) >= 11 is 6.30. The summed E-state index contributed by atoms with van der Waals surface area (Å²) in [6.07, 6.45) is 6.04. The summed E-state index contributed by atoms with van der Waals surface area (Å²) in [6.45, 7) is 0. The number of rotatable bonds is 6. The van der Waals surface area contributed by atoms with E-state index in [1.165, 1.54) is 12.1 Å². The van der Waals surface area contributed by atoms with Gasteiger partial charge in [0.2, 0.25) is 0 Å². The van der Waals surface area contributed by atoms with Crippen molar-refractivity contribution < 1.29 is 4.39 Å². The Hall–Kier alpha value is -3.05. The molecule has 29 heavy (non-hydrogen) atoms. The van der Waals surface area contributed by atoms with Crippen LogP contribution in [0.1, 0.15) is 17.7 Å². The quantitative estimate of drug-likeness (QED) is 0.424. The molecule has 0 aliphatic heterocycles. The Balaban J connectivity index is 1.69. The van der Waals surface area contributed by atoms with E-state index in [0.29, 0.717) is 0 Å². The van der Waals surface area contributed by atoms with Crippen LogP contribution in [0, 0.1) is 5.82 Å². The minimum Gasteiger partial charge on any atom is -0.271 e. The smallest absolute Gasteiger partial charge is 0.123 e. The molecule has 0 unspecified atom stereocenters. The van der Waals surface area contributed by atoms with Gasteiger partial charge in [-0.25, -0.2) is 4.39 Å². The van der Waals surface area contributed by atoms with Crippen molar-refractivity contribution in [1.29, 1.82) is 0 Å². The van der Waals surface area contributed by atoms with E-state index < -0.39 is 0 Å². The van der Waals surface area contributed by atoms with E-state index >= 15 is 0 Å². The van der Waals surface area contributed by atoms with Crippen LogP contribution in [-0.2, 0) is 19.9 Å². The minimum atomic E-state index is -0.267. The maximum atomic E-state index is 13.4. The first kappa shape index (κ1) is 19.3. The fourth-order valence-corrected chi connectivity index (χ4v) is 3.78. The highest BCUT2D eigenvalue weighted by Gasteiger charge is 2.19. The fourth-order valence-electron chi connectivity index (χ4n) is 3.54. The molecule has 0 bridgehead atoms. The van der Waals surface area contributed by atoms with Gasteiger partial charge >= 0.3 is 0 Å². The van der Waals surface area contributed by atoms with Crippen LogP contribution in [-0.4, -0.2) is 20.0 Å². The molecule has 0 aliphatic carbocycles. The summed E-state index contributed by atoms with van der Waals surface area (Å²) in [5, 5.41) is 13.5. The van der Waals surface area contributed by atoms with Crippen LogP contribution in [0.5, 0.6) is 0 Å². The number of aromatic nitrogens is 4. The van der Waals surface area contributed by atoms with Crippen LogP contribution in [0.15, 0.2) is 67.0 Å². The molecule has 2 heterocycles. The maximum Gasteiger partial charge on any atom is 0.123 e. The van der Waals surface area contributed by atoms with Crippen molar-refractivity contribution in [2.75, 3.05) is 0 Å². The van der Waals surface area contributed by atoms with Crippen LogP contribution in [0.4, 0.5) is 4.39 Å². The lowest BCUT2D eigenvalue weighted by atomic mass is 9.97. The molecule has 0 spiro atoms. The van der Waals surface area contributed by atoms with Gasteiger partial charge in [-0.3, -0.25) is 4.68 Å². The van der Waals surface area contributed by atoms with E-state index in [-0.39, 0.29) is 5.82 Å². The van der Waals surface area contributed by atoms with Gasteiger partial charge in [0.1, 0.15) is 11.5 Å². The summed E-state index contributed by atoms with van der Waals surface area (Å²) in [4.78, 5) is 0. The summed E-state index contributed by atoms with van der Waals surface area (Å²) in [5.41, 5.74) is 5.87. The molecule has 0 N–H and O–H groups in total. The van der Waals surface area contributed by atoms with E-state index in [1.807, 2.05) is 36.0 Å². The summed E-state index contributed by atoms with van der Waals surface area (Å²) < 4.78 is 15.3. The molecule has 0 atom stereocenters. The van der Waals surface area contributed by atoms with Gasteiger partial charge in [-0.2, -0.15) is 15.3 Å². The molecule has 4 nitrogen and oxygen atoms in total. The van der Waals surface area contributed by atoms with Gasteiger partial charge in [-0.05, 0) is 61.2 Å². The zero-order valence-corrected chi connectivity index (χ0v) is 16.8. The second kappa shape index (κ2) is 8.53. The van der Waals surface area contributed by atoms with Gasteiger partial charge in [0.05, 0.1) is 12.4 Å². The number of aryl methyl sites for hydroxylation is 2. The molecular weight excluding hydrogens is 387 g/mol. The summed E-state index contributed by atoms with van der Waals surface area (Å²) in [6, 6.07) is 16.3. The van der Waals surface area contributed by atoms with E-state index in [2.05, 4.69) is 16.3 Å². The van der Waals surface area contributed by atoms with Gasteiger partial charge in [-0.15, -0.1) is 0 Å². The number of benzene rings is 2. The van der Waals surface area contributed by atoms with Gasteiger partial charge in [-0.1, -0.05) is 29.8 Å². The highest BCUT2D eigenvalue weighted by molar-refractivity contribution is 6.31. The molecule has 0 saturated heterocycles. The van der Waals surface area contributed by atoms with E-state index in [4.69, 9.17) is 16.7 Å². The molecule has 0 fully saturated rings. The Morgan fingerprint density at radius 2 is 1.72 bits per heavy atom. The van der Waals surface area contributed by atoms with Gasteiger partial charge in [0, 0.05) is 34.5 Å². The van der Waals surface area contributed by atoms with Crippen molar-refractivity contribution >= 4 is 11.6 Å². The molecule has 0 aliphatic rings. The molecular formula is C23H20ClFN4. The van der Waals surface area contributed by atoms with Crippen molar-refractivity contribution in [3.63, 3.8) is 0 Å². The van der Waals surface area contributed by atoms with E-state index in [9.17, 15) is 4.39 Å². The topological polar surface area (TPSA) is 43.6 Å². The molecule has 0 radical (unpaired) electrons. The Bertz CT molecular complexity index is 1110. The standard InChI is InChI=1S/C23H20ClFN4/c1-29-21(8-4-6-16-5-2-3-7-20(16)24)22(18-13-14-26-27-15-18)23(28-29)17-9-11-19(25)12-10-17/h2-3,5,7,9-15H,4,6,8H2,1H3. The van der Waals surface area contributed by atoms with Crippen molar-refractivity contribution in [3.05, 3.63) is 89.1 Å². The number of hydrogen-bond acceptors (Lipinski definition) is 3. The van der Waals surface area contributed by atoms with Crippen LogP contribution >= 0.6 is 11.6 Å².